The zero-order chi connectivity index (χ0) is 74.9. The van der Waals surface area contributed by atoms with Gasteiger partial charge in [0.25, 0.3) is 0 Å². The van der Waals surface area contributed by atoms with Gasteiger partial charge in [0.05, 0.1) is 33.1 Å². The molecule has 0 spiro atoms. The van der Waals surface area contributed by atoms with Crippen LogP contribution >= 0.6 is 0 Å². The zero-order valence-electron chi connectivity index (χ0n) is 62.3. The van der Waals surface area contributed by atoms with Gasteiger partial charge in [-0.2, -0.15) is 0 Å². The molecule has 1 atom stereocenters. The normalized spacial score (nSPS) is 12.8. The van der Waals surface area contributed by atoms with E-state index in [0.29, 0.717) is 0 Å². The van der Waals surface area contributed by atoms with Crippen molar-refractivity contribution in [2.45, 2.75) is 12.3 Å². The molecule has 0 amide bonds. The molecule has 0 bridgehead atoms. The lowest BCUT2D eigenvalue weighted by Crippen LogP contribution is -1.99. The van der Waals surface area contributed by atoms with Crippen LogP contribution in [0.15, 0.2) is 417 Å². The lowest BCUT2D eigenvalue weighted by Gasteiger charge is -2.15. The summed E-state index contributed by atoms with van der Waals surface area (Å²) in [6, 6.07) is 151. The molecule has 18 aromatic carbocycles. The molecule has 0 saturated heterocycles. The first-order chi connectivity index (χ1) is 56.5. The average molecular weight is 1450 g/mol. The number of rotatable bonds is 10. The maximum absolute atomic E-state index is 6.21. The van der Waals surface area contributed by atoms with Crippen LogP contribution in [0.1, 0.15) is 33.7 Å². The Balaban J connectivity index is 0.000000135. The first kappa shape index (κ1) is 65.1. The van der Waals surface area contributed by atoms with Gasteiger partial charge < -0.3 is 18.1 Å². The Morgan fingerprint density at radius 3 is 1.13 bits per heavy atom. The first-order valence-electron chi connectivity index (χ1n) is 39.5. The van der Waals surface area contributed by atoms with E-state index < -0.39 is 0 Å². The molecule has 0 fully saturated rings. The Hall–Kier alpha value is -14.8. The van der Waals surface area contributed by atoms with Gasteiger partial charge in [0.15, 0.2) is 0 Å². The van der Waals surface area contributed by atoms with Crippen LogP contribution in [-0.4, -0.2) is 13.7 Å². The van der Waals surface area contributed by atoms with E-state index in [1.54, 1.807) is 0 Å². The Morgan fingerprint density at radius 1 is 0.202 bits per heavy atom. The maximum Gasteiger partial charge on any atom is 0.136 e. The molecule has 24 rings (SSSR count). The van der Waals surface area contributed by atoms with Gasteiger partial charge in [-0.1, -0.05) is 297 Å². The van der Waals surface area contributed by atoms with Gasteiger partial charge in [0.1, 0.15) is 11.2 Å². The van der Waals surface area contributed by atoms with Crippen molar-refractivity contribution in [2.75, 3.05) is 0 Å². The predicted molar refractivity (Wildman–Crippen MR) is 477 cm³/mol. The number of hydrogen-bond donors (Lipinski definition) is 0. The summed E-state index contributed by atoms with van der Waals surface area (Å²) in [4.78, 5) is 0. The lowest BCUT2D eigenvalue weighted by atomic mass is 9.88. The number of hydrogen-bond acceptors (Lipinski definition) is 1. The van der Waals surface area contributed by atoms with Crippen LogP contribution in [0.3, 0.4) is 0 Å². The van der Waals surface area contributed by atoms with Gasteiger partial charge in [-0.05, 0) is 239 Å². The smallest absolute Gasteiger partial charge is 0.136 e. The minimum atomic E-state index is 0.204. The molecule has 532 valence electrons. The largest absolute Gasteiger partial charge is 0.456 e. The van der Waals surface area contributed by atoms with Crippen molar-refractivity contribution in [1.29, 1.82) is 0 Å². The highest BCUT2D eigenvalue weighted by atomic mass is 16.3. The van der Waals surface area contributed by atoms with Gasteiger partial charge in [0.2, 0.25) is 0 Å². The topological polar surface area (TPSA) is 27.9 Å². The van der Waals surface area contributed by atoms with Gasteiger partial charge in [-0.3, -0.25) is 0 Å². The molecule has 114 heavy (non-hydrogen) atoms. The monoisotopic (exact) mass is 1450 g/mol. The third-order valence-electron chi connectivity index (χ3n) is 24.3. The van der Waals surface area contributed by atoms with Gasteiger partial charge >= 0.3 is 0 Å². The number of furan rings is 1. The van der Waals surface area contributed by atoms with Crippen LogP contribution in [0.2, 0.25) is 0 Å². The Bertz CT molecular complexity index is 7580. The van der Waals surface area contributed by atoms with Crippen molar-refractivity contribution in [1.82, 2.24) is 13.7 Å². The molecule has 4 heterocycles. The molecule has 4 heteroatoms. The number of aromatic nitrogens is 3. The van der Waals surface area contributed by atoms with E-state index in [1.165, 1.54) is 177 Å². The summed E-state index contributed by atoms with van der Waals surface area (Å²) in [5, 5.41) is 9.83. The Kier molecular flexibility index (Phi) is 15.1. The van der Waals surface area contributed by atoms with Crippen molar-refractivity contribution in [3.63, 3.8) is 0 Å². The van der Waals surface area contributed by atoms with Crippen molar-refractivity contribution in [2.24, 2.45) is 0 Å². The molecule has 0 saturated carbocycles. The number of para-hydroxylation sites is 4. The molecule has 22 aromatic rings. The molecule has 2 aliphatic rings. The van der Waals surface area contributed by atoms with Gasteiger partial charge in [-0.25, -0.2) is 0 Å². The van der Waals surface area contributed by atoms with E-state index in [0.717, 1.165) is 50.9 Å². The second kappa shape index (κ2) is 26.5. The minimum absolute atomic E-state index is 0.204. The van der Waals surface area contributed by atoms with Crippen molar-refractivity contribution < 1.29 is 4.42 Å². The number of benzene rings is 18. The minimum Gasteiger partial charge on any atom is -0.456 e. The number of fused-ring (bicyclic) bond motifs is 18. The molecule has 0 N–H and O–H groups in total. The van der Waals surface area contributed by atoms with Crippen LogP contribution in [-0.2, 0) is 6.42 Å². The SMILES string of the molecule is c1ccc(-c2ccc(-n3c4ccccc4c4cc(-c5ccc6c(c5)c5ccccc5n6-c5ccc(-c6cccc7c6Cc6ccccc6-7)cc5)ccc43)cc2)cc1.c1ccc(-c2ccc(C3c4ccccc4-c4cc(-c5ccc6c(c5)c5ccccc5n6-c5ccc(-c6ccc7c(c6)oc6ccccc67)cc5)ccc43)cc2)cc1. The van der Waals surface area contributed by atoms with E-state index in [9.17, 15) is 0 Å². The predicted octanol–water partition coefficient (Wildman–Crippen LogP) is 29.3. The van der Waals surface area contributed by atoms with E-state index in [1.807, 2.05) is 12.1 Å². The summed E-state index contributed by atoms with van der Waals surface area (Å²) in [5.41, 5.74) is 39.5. The zero-order valence-corrected chi connectivity index (χ0v) is 62.3. The number of nitrogens with zero attached hydrogens (tertiary/aromatic N) is 3. The molecule has 4 aromatic heterocycles. The summed E-state index contributed by atoms with van der Waals surface area (Å²) < 4.78 is 13.4. The first-order valence-corrected chi connectivity index (χ1v) is 39.5. The van der Waals surface area contributed by atoms with Crippen LogP contribution in [0, 0.1) is 0 Å². The molecule has 0 radical (unpaired) electrons. The van der Waals surface area contributed by atoms with E-state index in [-0.39, 0.29) is 5.92 Å². The van der Waals surface area contributed by atoms with Gasteiger partial charge in [-0.15, -0.1) is 0 Å². The quantitative estimate of drug-likeness (QED) is 0.134. The third-order valence-corrected chi connectivity index (χ3v) is 24.3. The molecular weight excluding hydrogens is 1380 g/mol. The second-order valence-corrected chi connectivity index (χ2v) is 30.5. The highest BCUT2D eigenvalue weighted by Gasteiger charge is 2.31. The van der Waals surface area contributed by atoms with Crippen LogP contribution in [0.25, 0.3) is 193 Å². The fourth-order valence-corrected chi connectivity index (χ4v) is 18.9. The van der Waals surface area contributed by atoms with Crippen molar-refractivity contribution in [3.8, 4) is 106 Å². The maximum atomic E-state index is 6.21. The summed E-state index contributed by atoms with van der Waals surface area (Å²) in [7, 11) is 0. The fraction of sp³-hybridized carbons (Fsp3) is 0.0182. The summed E-state index contributed by atoms with van der Waals surface area (Å²) >= 11 is 0. The molecule has 0 aliphatic heterocycles. The highest BCUT2D eigenvalue weighted by Crippen LogP contribution is 2.51. The van der Waals surface area contributed by atoms with E-state index >= 15 is 0 Å². The second-order valence-electron chi connectivity index (χ2n) is 30.5. The molecular formula is C110H71N3O. The van der Waals surface area contributed by atoms with Gasteiger partial charge in [0, 0.05) is 66.1 Å². The van der Waals surface area contributed by atoms with E-state index in [2.05, 4.69) is 414 Å². The summed E-state index contributed by atoms with van der Waals surface area (Å²) in [6.45, 7) is 0. The average Bonchev–Trinajstić information content (AvgIpc) is 1.54. The van der Waals surface area contributed by atoms with Crippen molar-refractivity contribution >= 4 is 87.4 Å². The standard InChI is InChI=1S/C55H36N2.C55H35NO/c1-2-11-36(12-3-1)37-21-27-42(28-22-37)56-52-19-8-6-15-47(52)50-33-39(25-31-54(50)56)40-26-32-55-51(34-40)48-16-7-9-20-53(48)57(55)43-29-23-38(24-30-43)44-17-10-18-46-45-14-5-4-13-41(45)35-49(44)46;1-2-10-35(11-3-1)36-18-20-38(21-19-36)55-47-15-5-4-12-43(47)49-32-39(25-30-48(49)55)40-26-31-52-50(33-40)44-13-6-8-16-51(44)56(52)42-27-22-37(23-28-42)41-24-29-46-45-14-7-9-17-53(45)57-54(46)34-41/h1-34H,35H2;1-34,55H. The summed E-state index contributed by atoms with van der Waals surface area (Å²) in [6.07, 6.45) is 0.983. The highest BCUT2D eigenvalue weighted by molar-refractivity contribution is 6.14. The Labute approximate surface area is 659 Å². The van der Waals surface area contributed by atoms with Crippen LogP contribution < -0.4 is 0 Å². The fourth-order valence-electron chi connectivity index (χ4n) is 18.9. The molecule has 1 unspecified atom stereocenters. The van der Waals surface area contributed by atoms with Crippen LogP contribution in [0.4, 0.5) is 0 Å². The van der Waals surface area contributed by atoms with E-state index in [4.69, 9.17) is 4.42 Å². The van der Waals surface area contributed by atoms with Crippen molar-refractivity contribution in [3.05, 3.63) is 440 Å². The third kappa shape index (κ3) is 10.7. The molecule has 4 nitrogen and oxygen atoms in total. The van der Waals surface area contributed by atoms with Crippen LogP contribution in [0.5, 0.6) is 0 Å². The lowest BCUT2D eigenvalue weighted by molar-refractivity contribution is 0.669. The molecule has 2 aliphatic carbocycles. The summed E-state index contributed by atoms with van der Waals surface area (Å²) in [5.74, 6) is 0.204. The Morgan fingerprint density at radius 2 is 0.570 bits per heavy atom.